The highest BCUT2D eigenvalue weighted by molar-refractivity contribution is 6.00. The number of hydrogen-bond donors (Lipinski definition) is 0. The lowest BCUT2D eigenvalue weighted by Gasteiger charge is -2.34. The van der Waals surface area contributed by atoms with Crippen molar-refractivity contribution in [2.45, 2.75) is 31.3 Å². The van der Waals surface area contributed by atoms with Gasteiger partial charge in [-0.1, -0.05) is 42.5 Å². The molecule has 3 aromatic carbocycles. The molecule has 2 aliphatic rings. The van der Waals surface area contributed by atoms with Crippen LogP contribution in [0.1, 0.15) is 35.2 Å². The number of amides is 1. The first-order valence-corrected chi connectivity index (χ1v) is 10.7. The average Bonchev–Trinajstić information content (AvgIpc) is 3.20. The molecule has 158 valence electrons. The van der Waals surface area contributed by atoms with Crippen molar-refractivity contribution >= 4 is 22.5 Å². The molecule has 0 bridgehead atoms. The molecule has 1 unspecified atom stereocenters. The van der Waals surface area contributed by atoms with Crippen LogP contribution in [0.5, 0.6) is 11.5 Å². The van der Waals surface area contributed by atoms with Crippen LogP contribution in [-0.2, 0) is 11.2 Å². The number of methoxy groups -OCH3 is 1. The number of aryl methyl sites for hydroxylation is 1. The second kappa shape index (κ2) is 7.73. The van der Waals surface area contributed by atoms with Crippen molar-refractivity contribution in [3.63, 3.8) is 0 Å². The van der Waals surface area contributed by atoms with Crippen molar-refractivity contribution in [3.05, 3.63) is 71.8 Å². The molecule has 5 rings (SSSR count). The highest BCUT2D eigenvalue weighted by Crippen LogP contribution is 2.39. The van der Waals surface area contributed by atoms with Gasteiger partial charge in [0, 0.05) is 24.9 Å². The zero-order valence-corrected chi connectivity index (χ0v) is 17.6. The molecule has 0 aromatic heterocycles. The zero-order valence-electron chi connectivity index (χ0n) is 17.6. The van der Waals surface area contributed by atoms with Gasteiger partial charge < -0.3 is 14.4 Å². The van der Waals surface area contributed by atoms with Gasteiger partial charge in [0.15, 0.2) is 5.78 Å². The first-order chi connectivity index (χ1) is 15.1. The van der Waals surface area contributed by atoms with E-state index in [1.54, 1.807) is 13.2 Å². The Balaban J connectivity index is 1.30. The number of benzene rings is 3. The third-order valence-corrected chi connectivity index (χ3v) is 6.47. The summed E-state index contributed by atoms with van der Waals surface area (Å²) in [6, 6.07) is 19.5. The van der Waals surface area contributed by atoms with Crippen LogP contribution in [0.3, 0.4) is 0 Å². The van der Waals surface area contributed by atoms with Crippen molar-refractivity contribution in [1.82, 2.24) is 4.90 Å². The lowest BCUT2D eigenvalue weighted by Crippen LogP contribution is -2.45. The van der Waals surface area contributed by atoms with E-state index >= 15 is 0 Å². The number of likely N-dealkylation sites (tertiary alicyclic amines) is 1. The maximum absolute atomic E-state index is 13.1. The first kappa shape index (κ1) is 19.6. The molecule has 3 aromatic rings. The third kappa shape index (κ3) is 3.54. The Morgan fingerprint density at radius 1 is 1.10 bits per heavy atom. The lowest BCUT2D eigenvalue weighted by atomic mass is 9.89. The normalized spacial score (nSPS) is 20.0. The van der Waals surface area contributed by atoms with E-state index in [2.05, 4.69) is 12.1 Å². The van der Waals surface area contributed by atoms with Gasteiger partial charge in [0.25, 0.3) is 0 Å². The number of fused-ring (bicyclic) bond motifs is 2. The molecule has 5 heteroatoms. The summed E-state index contributed by atoms with van der Waals surface area (Å²) in [5.41, 5.74) is 1.10. The van der Waals surface area contributed by atoms with E-state index < -0.39 is 5.60 Å². The number of rotatable bonds is 4. The molecule has 0 saturated carbocycles. The zero-order chi connectivity index (χ0) is 21.4. The van der Waals surface area contributed by atoms with Crippen LogP contribution in [-0.4, -0.2) is 42.4 Å². The summed E-state index contributed by atoms with van der Waals surface area (Å²) in [6.07, 6.45) is 2.00. The molecule has 1 atom stereocenters. The number of ketones is 1. The number of ether oxygens (including phenoxy) is 2. The first-order valence-electron chi connectivity index (χ1n) is 10.7. The number of carbonyl (C=O) groups is 2. The highest BCUT2D eigenvalue weighted by Gasteiger charge is 2.46. The number of nitrogens with zero attached hydrogens (tertiary/aromatic N) is 1. The molecule has 0 radical (unpaired) electrons. The number of hydrogen-bond acceptors (Lipinski definition) is 4. The highest BCUT2D eigenvalue weighted by atomic mass is 16.5. The summed E-state index contributed by atoms with van der Waals surface area (Å²) in [4.78, 5) is 27.5. The van der Waals surface area contributed by atoms with Gasteiger partial charge >= 0.3 is 0 Å². The van der Waals surface area contributed by atoms with E-state index in [1.165, 1.54) is 0 Å². The Hall–Kier alpha value is -3.34. The molecule has 0 N–H and O–H groups in total. The maximum atomic E-state index is 13.1. The quantitative estimate of drug-likeness (QED) is 0.633. The lowest BCUT2D eigenvalue weighted by molar-refractivity contribution is -0.130. The van der Waals surface area contributed by atoms with Crippen LogP contribution in [0.15, 0.2) is 60.7 Å². The number of carbonyl (C=O) groups excluding carboxylic acids is 2. The fourth-order valence-corrected chi connectivity index (χ4v) is 4.88. The average molecular weight is 415 g/mol. The third-order valence-electron chi connectivity index (χ3n) is 6.47. The molecule has 1 fully saturated rings. The van der Waals surface area contributed by atoms with Crippen molar-refractivity contribution in [2.75, 3.05) is 20.2 Å². The Morgan fingerprint density at radius 3 is 2.77 bits per heavy atom. The Bertz CT molecular complexity index is 1170. The van der Waals surface area contributed by atoms with Crippen LogP contribution >= 0.6 is 0 Å². The predicted molar refractivity (Wildman–Crippen MR) is 119 cm³/mol. The second-order valence-corrected chi connectivity index (χ2v) is 8.41. The Kier molecular flexibility index (Phi) is 4.89. The van der Waals surface area contributed by atoms with Gasteiger partial charge in [-0.3, -0.25) is 9.59 Å². The molecule has 2 heterocycles. The Morgan fingerprint density at radius 2 is 1.90 bits per heavy atom. The van der Waals surface area contributed by atoms with Crippen molar-refractivity contribution < 1.29 is 19.1 Å². The molecule has 5 nitrogen and oxygen atoms in total. The van der Waals surface area contributed by atoms with Gasteiger partial charge in [-0.15, -0.1) is 0 Å². The van der Waals surface area contributed by atoms with Gasteiger partial charge in [0.05, 0.1) is 25.6 Å². The van der Waals surface area contributed by atoms with Crippen molar-refractivity contribution in [2.24, 2.45) is 0 Å². The largest absolute Gasteiger partial charge is 0.496 e. The predicted octanol–water partition coefficient (Wildman–Crippen LogP) is 4.42. The van der Waals surface area contributed by atoms with Crippen LogP contribution in [0.4, 0.5) is 0 Å². The molecule has 31 heavy (non-hydrogen) atoms. The van der Waals surface area contributed by atoms with Gasteiger partial charge in [-0.25, -0.2) is 0 Å². The standard InChI is InChI=1S/C26H25NO4/c1-30-23-12-10-18-6-2-3-7-19(18)20(23)11-13-25(29)27-15-14-26(17-27)16-22(28)21-8-4-5-9-24(21)31-26/h2-10,12H,11,13-17H2,1H3. The van der Waals surface area contributed by atoms with Crippen LogP contribution in [0.2, 0.25) is 0 Å². The molecular weight excluding hydrogens is 390 g/mol. The summed E-state index contributed by atoms with van der Waals surface area (Å²) in [5, 5.41) is 2.25. The molecule has 2 aliphatic heterocycles. The summed E-state index contributed by atoms with van der Waals surface area (Å²) >= 11 is 0. The van der Waals surface area contributed by atoms with Crippen LogP contribution in [0.25, 0.3) is 10.8 Å². The fourth-order valence-electron chi connectivity index (χ4n) is 4.88. The minimum absolute atomic E-state index is 0.0850. The van der Waals surface area contributed by atoms with E-state index in [0.717, 1.165) is 22.1 Å². The van der Waals surface area contributed by atoms with E-state index in [9.17, 15) is 9.59 Å². The SMILES string of the molecule is COc1ccc2ccccc2c1CCC(=O)N1CCC2(CC(=O)c3ccccc3O2)C1. The summed E-state index contributed by atoms with van der Waals surface area (Å²) in [6.45, 7) is 1.07. The van der Waals surface area contributed by atoms with Gasteiger partial charge in [-0.05, 0) is 35.4 Å². The van der Waals surface area contributed by atoms with Crippen molar-refractivity contribution in [3.8, 4) is 11.5 Å². The van der Waals surface area contributed by atoms with E-state index in [0.29, 0.717) is 50.1 Å². The van der Waals surface area contributed by atoms with E-state index in [4.69, 9.17) is 9.47 Å². The van der Waals surface area contributed by atoms with E-state index in [1.807, 2.05) is 47.4 Å². The fraction of sp³-hybridized carbons (Fsp3) is 0.308. The molecule has 1 amide bonds. The van der Waals surface area contributed by atoms with Gasteiger partial charge in [0.1, 0.15) is 17.1 Å². The molecular formula is C26H25NO4. The maximum Gasteiger partial charge on any atom is 0.223 e. The monoisotopic (exact) mass is 415 g/mol. The van der Waals surface area contributed by atoms with Crippen LogP contribution in [0, 0.1) is 0 Å². The Labute approximate surface area is 181 Å². The van der Waals surface area contributed by atoms with Crippen LogP contribution < -0.4 is 9.47 Å². The smallest absolute Gasteiger partial charge is 0.223 e. The topological polar surface area (TPSA) is 55.8 Å². The number of para-hydroxylation sites is 1. The van der Waals surface area contributed by atoms with Gasteiger partial charge in [0.2, 0.25) is 5.91 Å². The van der Waals surface area contributed by atoms with E-state index in [-0.39, 0.29) is 11.7 Å². The summed E-state index contributed by atoms with van der Waals surface area (Å²) in [7, 11) is 1.66. The van der Waals surface area contributed by atoms with Crippen molar-refractivity contribution in [1.29, 1.82) is 0 Å². The molecule has 1 saturated heterocycles. The summed E-state index contributed by atoms with van der Waals surface area (Å²) < 4.78 is 11.8. The van der Waals surface area contributed by atoms with Gasteiger partial charge in [-0.2, -0.15) is 0 Å². The minimum atomic E-state index is -0.599. The molecule has 1 spiro atoms. The molecule has 0 aliphatic carbocycles. The second-order valence-electron chi connectivity index (χ2n) is 8.41. The summed E-state index contributed by atoms with van der Waals surface area (Å²) in [5.74, 6) is 1.62. The number of Topliss-reactive ketones (excluding diaryl/α,β-unsaturated/α-hetero) is 1. The minimum Gasteiger partial charge on any atom is -0.496 e.